The molecule has 0 aliphatic carbocycles. The molecule has 1 aromatic heterocycles. The van der Waals surface area contributed by atoms with Gasteiger partial charge in [-0.3, -0.25) is 0 Å². The van der Waals surface area contributed by atoms with Crippen LogP contribution in [-0.4, -0.2) is 42.1 Å². The van der Waals surface area contributed by atoms with E-state index in [1.165, 1.54) is 3.97 Å². The normalized spacial score (nSPS) is 18.1. The van der Waals surface area contributed by atoms with Gasteiger partial charge in [-0.2, -0.15) is 0 Å². The lowest BCUT2D eigenvalue weighted by Gasteiger charge is -2.34. The van der Waals surface area contributed by atoms with E-state index in [1.54, 1.807) is 41.6 Å². The molecule has 1 aromatic carbocycles. The molecule has 1 aliphatic heterocycles. The third-order valence-electron chi connectivity index (χ3n) is 4.83. The van der Waals surface area contributed by atoms with Crippen LogP contribution in [0.15, 0.2) is 47.6 Å². The second-order valence-corrected chi connectivity index (χ2v) is 10.2. The van der Waals surface area contributed by atoms with Gasteiger partial charge in [-0.15, -0.1) is 0 Å². The number of carbonyl (C=O) groups excluding carboxylic acids is 1. The predicted octanol–water partition coefficient (Wildman–Crippen LogP) is 4.15. The summed E-state index contributed by atoms with van der Waals surface area (Å²) in [5.74, 6) is 0.0933. The molecular formula is C21H28N2O4S. The highest BCUT2D eigenvalue weighted by molar-refractivity contribution is 7.90. The Hall–Kier alpha value is -2.28. The molecule has 1 unspecified atom stereocenters. The number of hydrogen-bond donors (Lipinski definition) is 0. The van der Waals surface area contributed by atoms with Gasteiger partial charge in [0.2, 0.25) is 0 Å². The minimum Gasteiger partial charge on any atom is -0.444 e. The molecule has 1 fully saturated rings. The van der Waals surface area contributed by atoms with Crippen molar-refractivity contribution in [2.75, 3.05) is 13.1 Å². The van der Waals surface area contributed by atoms with Gasteiger partial charge >= 0.3 is 6.09 Å². The first kappa shape index (κ1) is 20.5. The van der Waals surface area contributed by atoms with Gasteiger partial charge in [0.1, 0.15) is 5.60 Å². The summed E-state index contributed by atoms with van der Waals surface area (Å²) in [5, 5.41) is 0. The highest BCUT2D eigenvalue weighted by Gasteiger charge is 2.29. The quantitative estimate of drug-likeness (QED) is 0.771. The molecule has 6 nitrogen and oxygen atoms in total. The lowest BCUT2D eigenvalue weighted by atomic mass is 9.93. The Labute approximate surface area is 167 Å². The van der Waals surface area contributed by atoms with Crippen LogP contribution in [0.25, 0.3) is 0 Å². The molecule has 3 rings (SSSR count). The smallest absolute Gasteiger partial charge is 0.410 e. The van der Waals surface area contributed by atoms with E-state index in [4.69, 9.17) is 4.74 Å². The molecule has 0 N–H and O–H groups in total. The Morgan fingerprint density at radius 1 is 1.14 bits per heavy atom. The van der Waals surface area contributed by atoms with Crippen molar-refractivity contribution >= 4 is 16.1 Å². The Kier molecular flexibility index (Phi) is 5.57. The second kappa shape index (κ2) is 7.62. The predicted molar refractivity (Wildman–Crippen MR) is 108 cm³/mol. The lowest BCUT2D eigenvalue weighted by molar-refractivity contribution is 0.0198. The van der Waals surface area contributed by atoms with Crippen LogP contribution in [0, 0.1) is 6.92 Å². The number of amides is 1. The molecule has 28 heavy (non-hydrogen) atoms. The topological polar surface area (TPSA) is 68.6 Å². The van der Waals surface area contributed by atoms with E-state index in [2.05, 4.69) is 0 Å². The van der Waals surface area contributed by atoms with E-state index >= 15 is 0 Å². The van der Waals surface area contributed by atoms with Gasteiger partial charge < -0.3 is 9.64 Å². The molecule has 0 spiro atoms. The zero-order valence-electron chi connectivity index (χ0n) is 16.9. The standard InChI is InChI=1S/C21H28N2O4S/c1-16-7-9-19(10-8-16)28(25,26)23-13-11-18(15-23)17-6-5-12-22(14-17)20(24)27-21(2,3)4/h7-11,13,15,17H,5-6,12,14H2,1-4H3. The first-order valence-electron chi connectivity index (χ1n) is 9.54. The molecule has 2 aromatic rings. The number of nitrogens with zero attached hydrogens (tertiary/aromatic N) is 2. The fourth-order valence-corrected chi connectivity index (χ4v) is 4.56. The van der Waals surface area contributed by atoms with E-state index in [1.807, 2.05) is 33.8 Å². The number of piperidine rings is 1. The maximum absolute atomic E-state index is 12.8. The van der Waals surface area contributed by atoms with Crippen LogP contribution in [0.1, 0.15) is 50.7 Å². The van der Waals surface area contributed by atoms with E-state index in [0.29, 0.717) is 13.1 Å². The molecule has 0 bridgehead atoms. The molecule has 1 amide bonds. The zero-order chi connectivity index (χ0) is 20.5. The summed E-state index contributed by atoms with van der Waals surface area (Å²) < 4.78 is 32.4. The Morgan fingerprint density at radius 3 is 2.46 bits per heavy atom. The van der Waals surface area contributed by atoms with Gasteiger partial charge in [0.05, 0.1) is 4.90 Å². The number of benzene rings is 1. The summed E-state index contributed by atoms with van der Waals surface area (Å²) >= 11 is 0. The van der Waals surface area contributed by atoms with E-state index in [-0.39, 0.29) is 16.9 Å². The highest BCUT2D eigenvalue weighted by atomic mass is 32.2. The van der Waals surface area contributed by atoms with Crippen molar-refractivity contribution in [3.05, 3.63) is 53.9 Å². The first-order chi connectivity index (χ1) is 13.1. The average molecular weight is 405 g/mol. The molecule has 0 saturated carbocycles. The fraction of sp³-hybridized carbons (Fsp3) is 0.476. The van der Waals surface area contributed by atoms with Crippen LogP contribution >= 0.6 is 0 Å². The number of hydrogen-bond acceptors (Lipinski definition) is 4. The molecule has 152 valence electrons. The van der Waals surface area contributed by atoms with Gasteiger partial charge in [-0.1, -0.05) is 17.7 Å². The summed E-state index contributed by atoms with van der Waals surface area (Å²) in [6.45, 7) is 8.66. The summed E-state index contributed by atoms with van der Waals surface area (Å²) in [6.07, 6.45) is 4.70. The van der Waals surface area contributed by atoms with Gasteiger partial charge in [-0.25, -0.2) is 17.2 Å². The Bertz CT molecular complexity index is 940. The van der Waals surface area contributed by atoms with Crippen molar-refractivity contribution in [3.8, 4) is 0 Å². The van der Waals surface area contributed by atoms with E-state index < -0.39 is 15.6 Å². The number of aryl methyl sites for hydroxylation is 1. The van der Waals surface area contributed by atoms with Crippen molar-refractivity contribution in [3.63, 3.8) is 0 Å². The molecule has 1 aliphatic rings. The summed E-state index contributed by atoms with van der Waals surface area (Å²) in [4.78, 5) is 14.3. The van der Waals surface area contributed by atoms with Crippen molar-refractivity contribution in [2.45, 2.75) is 57.0 Å². The lowest BCUT2D eigenvalue weighted by Crippen LogP contribution is -2.42. The SMILES string of the molecule is Cc1ccc(S(=O)(=O)n2ccc(C3CCCN(C(=O)OC(C)(C)C)C3)c2)cc1. The molecule has 0 radical (unpaired) electrons. The third kappa shape index (κ3) is 4.58. The van der Waals surface area contributed by atoms with Crippen LogP contribution in [0.4, 0.5) is 4.79 Å². The monoisotopic (exact) mass is 404 g/mol. The maximum Gasteiger partial charge on any atom is 0.410 e. The molecule has 1 atom stereocenters. The van der Waals surface area contributed by atoms with Gasteiger partial charge in [0, 0.05) is 31.4 Å². The summed E-state index contributed by atoms with van der Waals surface area (Å²) in [7, 11) is -3.62. The number of rotatable bonds is 3. The van der Waals surface area contributed by atoms with E-state index in [0.717, 1.165) is 24.0 Å². The molecule has 2 heterocycles. The summed E-state index contributed by atoms with van der Waals surface area (Å²) in [5.41, 5.74) is 1.40. The fourth-order valence-electron chi connectivity index (χ4n) is 3.36. The van der Waals surface area contributed by atoms with Crippen molar-refractivity contribution < 1.29 is 17.9 Å². The van der Waals surface area contributed by atoms with Gasteiger partial charge in [0.25, 0.3) is 10.0 Å². The number of likely N-dealkylation sites (tertiary alicyclic amines) is 1. The number of carbonyl (C=O) groups is 1. The van der Waals surface area contributed by atoms with Crippen LogP contribution in [-0.2, 0) is 14.8 Å². The number of aromatic nitrogens is 1. The molecule has 1 saturated heterocycles. The van der Waals surface area contributed by atoms with Crippen molar-refractivity contribution in [1.82, 2.24) is 8.87 Å². The van der Waals surface area contributed by atoms with Crippen LogP contribution in [0.3, 0.4) is 0 Å². The van der Waals surface area contributed by atoms with E-state index in [9.17, 15) is 13.2 Å². The Morgan fingerprint density at radius 2 is 1.82 bits per heavy atom. The third-order valence-corrected chi connectivity index (χ3v) is 6.48. The molecular weight excluding hydrogens is 376 g/mol. The number of ether oxygens (including phenoxy) is 1. The molecule has 7 heteroatoms. The minimum atomic E-state index is -3.62. The average Bonchev–Trinajstić information content (AvgIpc) is 3.12. The van der Waals surface area contributed by atoms with Gasteiger partial charge in [-0.05, 0) is 64.3 Å². The first-order valence-corrected chi connectivity index (χ1v) is 11.0. The highest BCUT2D eigenvalue weighted by Crippen LogP contribution is 2.29. The van der Waals surface area contributed by atoms with Crippen molar-refractivity contribution in [1.29, 1.82) is 0 Å². The zero-order valence-corrected chi connectivity index (χ0v) is 17.7. The van der Waals surface area contributed by atoms with Crippen LogP contribution in [0.2, 0.25) is 0 Å². The Balaban J connectivity index is 1.76. The van der Waals surface area contributed by atoms with Crippen LogP contribution < -0.4 is 0 Å². The van der Waals surface area contributed by atoms with Crippen molar-refractivity contribution in [2.24, 2.45) is 0 Å². The largest absolute Gasteiger partial charge is 0.444 e. The maximum atomic E-state index is 12.8. The summed E-state index contributed by atoms with van der Waals surface area (Å²) in [6, 6.07) is 8.65. The second-order valence-electron chi connectivity index (χ2n) is 8.36. The van der Waals surface area contributed by atoms with Crippen LogP contribution in [0.5, 0.6) is 0 Å². The minimum absolute atomic E-state index is 0.0933. The van der Waals surface area contributed by atoms with Gasteiger partial charge in [0.15, 0.2) is 0 Å².